The lowest BCUT2D eigenvalue weighted by atomic mass is 9.97. The van der Waals surface area contributed by atoms with Gasteiger partial charge in [0, 0.05) is 18.7 Å². The third-order valence-corrected chi connectivity index (χ3v) is 4.23. The van der Waals surface area contributed by atoms with Crippen LogP contribution in [0.2, 0.25) is 0 Å². The number of carbonyl (C=O) groups excluding carboxylic acids is 1. The Hall–Kier alpha value is -2.33. The molecule has 0 spiro atoms. The Labute approximate surface area is 143 Å². The number of amides is 1. The number of nitrogens with zero attached hydrogens (tertiary/aromatic N) is 1. The van der Waals surface area contributed by atoms with Crippen LogP contribution in [0.5, 0.6) is 5.75 Å². The Morgan fingerprint density at radius 2 is 1.96 bits per heavy atom. The molecule has 3 rings (SSSR count). The predicted molar refractivity (Wildman–Crippen MR) is 96.6 cm³/mol. The highest BCUT2D eigenvalue weighted by atomic mass is 16.5. The maximum Gasteiger partial charge on any atom is 0.251 e. The molecule has 4 nitrogen and oxygen atoms in total. The molecule has 1 heterocycles. The molecule has 126 valence electrons. The SMILES string of the molecule is CN(C)CCOc1cccc(-c2ccc3c(c2)CCCNC3=O)c1. The van der Waals surface area contributed by atoms with E-state index in [9.17, 15) is 4.79 Å². The van der Waals surface area contributed by atoms with E-state index in [1.807, 2.05) is 38.4 Å². The van der Waals surface area contributed by atoms with Gasteiger partial charge in [-0.15, -0.1) is 0 Å². The highest BCUT2D eigenvalue weighted by Crippen LogP contribution is 2.27. The molecule has 1 aliphatic rings. The van der Waals surface area contributed by atoms with Crippen LogP contribution in [0.4, 0.5) is 0 Å². The number of rotatable bonds is 5. The van der Waals surface area contributed by atoms with Gasteiger partial charge in [0.2, 0.25) is 0 Å². The average Bonchev–Trinajstić information content (AvgIpc) is 2.76. The molecule has 0 radical (unpaired) electrons. The van der Waals surface area contributed by atoms with E-state index in [0.717, 1.165) is 53.9 Å². The number of nitrogens with one attached hydrogen (secondary N) is 1. The van der Waals surface area contributed by atoms with Crippen LogP contribution in [-0.4, -0.2) is 44.6 Å². The highest BCUT2D eigenvalue weighted by molar-refractivity contribution is 5.96. The van der Waals surface area contributed by atoms with Gasteiger partial charge in [0.15, 0.2) is 0 Å². The van der Waals surface area contributed by atoms with Gasteiger partial charge >= 0.3 is 0 Å². The summed E-state index contributed by atoms with van der Waals surface area (Å²) in [5, 5.41) is 2.94. The number of fused-ring (bicyclic) bond motifs is 1. The average molecular weight is 324 g/mol. The van der Waals surface area contributed by atoms with Crippen molar-refractivity contribution < 1.29 is 9.53 Å². The molecule has 0 aromatic heterocycles. The van der Waals surface area contributed by atoms with Crippen molar-refractivity contribution in [1.82, 2.24) is 10.2 Å². The fourth-order valence-corrected chi connectivity index (χ4v) is 2.89. The fourth-order valence-electron chi connectivity index (χ4n) is 2.89. The summed E-state index contributed by atoms with van der Waals surface area (Å²) >= 11 is 0. The van der Waals surface area contributed by atoms with Crippen LogP contribution in [-0.2, 0) is 6.42 Å². The van der Waals surface area contributed by atoms with E-state index in [1.165, 1.54) is 0 Å². The summed E-state index contributed by atoms with van der Waals surface area (Å²) in [5.74, 6) is 0.914. The van der Waals surface area contributed by atoms with Gasteiger partial charge in [-0.05, 0) is 61.8 Å². The number of ether oxygens (including phenoxy) is 1. The van der Waals surface area contributed by atoms with E-state index in [1.54, 1.807) is 0 Å². The first-order valence-corrected chi connectivity index (χ1v) is 8.42. The summed E-state index contributed by atoms with van der Waals surface area (Å²) in [6, 6.07) is 14.2. The number of hydrogen-bond acceptors (Lipinski definition) is 3. The van der Waals surface area contributed by atoms with E-state index in [4.69, 9.17) is 4.74 Å². The molecule has 0 aliphatic carbocycles. The Morgan fingerprint density at radius 3 is 2.79 bits per heavy atom. The molecule has 0 fully saturated rings. The third-order valence-electron chi connectivity index (χ3n) is 4.23. The molecule has 0 saturated heterocycles. The normalized spacial score (nSPS) is 14.0. The first-order chi connectivity index (χ1) is 11.6. The minimum atomic E-state index is 0.0369. The molecule has 0 bridgehead atoms. The Balaban J connectivity index is 1.81. The summed E-state index contributed by atoms with van der Waals surface area (Å²) < 4.78 is 5.82. The summed E-state index contributed by atoms with van der Waals surface area (Å²) in [5.41, 5.74) is 4.17. The second-order valence-electron chi connectivity index (χ2n) is 6.41. The zero-order valence-corrected chi connectivity index (χ0v) is 14.3. The second-order valence-corrected chi connectivity index (χ2v) is 6.41. The van der Waals surface area contributed by atoms with Crippen LogP contribution in [0.25, 0.3) is 11.1 Å². The molecule has 1 amide bonds. The number of hydrogen-bond donors (Lipinski definition) is 1. The lowest BCUT2D eigenvalue weighted by molar-refractivity contribution is 0.0956. The van der Waals surface area contributed by atoms with E-state index < -0.39 is 0 Å². The van der Waals surface area contributed by atoms with Gasteiger partial charge in [-0.1, -0.05) is 24.3 Å². The van der Waals surface area contributed by atoms with Crippen molar-refractivity contribution >= 4 is 5.91 Å². The number of likely N-dealkylation sites (N-methyl/N-ethyl adjacent to an activating group) is 1. The largest absolute Gasteiger partial charge is 0.492 e. The standard InChI is InChI=1S/C20H24N2O2/c1-22(2)11-12-24-18-7-3-5-15(14-18)16-8-9-19-17(13-16)6-4-10-21-20(19)23/h3,5,7-9,13-14H,4,6,10-12H2,1-2H3,(H,21,23). The van der Waals surface area contributed by atoms with Gasteiger partial charge < -0.3 is 15.0 Å². The Morgan fingerprint density at radius 1 is 1.12 bits per heavy atom. The molecule has 0 saturated carbocycles. The van der Waals surface area contributed by atoms with E-state index in [0.29, 0.717) is 6.61 Å². The molecule has 2 aromatic carbocycles. The van der Waals surface area contributed by atoms with Gasteiger partial charge in [0.25, 0.3) is 5.91 Å². The van der Waals surface area contributed by atoms with Crippen LogP contribution in [0.3, 0.4) is 0 Å². The maximum absolute atomic E-state index is 12.0. The smallest absolute Gasteiger partial charge is 0.251 e. The maximum atomic E-state index is 12.0. The van der Waals surface area contributed by atoms with Crippen molar-refractivity contribution in [2.75, 3.05) is 33.8 Å². The van der Waals surface area contributed by atoms with Crippen molar-refractivity contribution in [2.45, 2.75) is 12.8 Å². The van der Waals surface area contributed by atoms with Crippen LogP contribution >= 0.6 is 0 Å². The van der Waals surface area contributed by atoms with Crippen LogP contribution in [0, 0.1) is 0 Å². The summed E-state index contributed by atoms with van der Waals surface area (Å²) in [7, 11) is 4.07. The second kappa shape index (κ2) is 7.49. The molecule has 1 N–H and O–H groups in total. The van der Waals surface area contributed by atoms with Gasteiger partial charge in [-0.2, -0.15) is 0 Å². The lowest BCUT2D eigenvalue weighted by Gasteiger charge is -2.12. The van der Waals surface area contributed by atoms with Crippen LogP contribution < -0.4 is 10.1 Å². The van der Waals surface area contributed by atoms with E-state index in [-0.39, 0.29) is 5.91 Å². The first-order valence-electron chi connectivity index (χ1n) is 8.42. The van der Waals surface area contributed by atoms with Gasteiger partial charge in [0.05, 0.1) is 0 Å². The van der Waals surface area contributed by atoms with Crippen molar-refractivity contribution in [3.05, 3.63) is 53.6 Å². The molecular formula is C20H24N2O2. The van der Waals surface area contributed by atoms with Crippen molar-refractivity contribution in [1.29, 1.82) is 0 Å². The minimum absolute atomic E-state index is 0.0369. The Kier molecular flexibility index (Phi) is 5.16. The molecular weight excluding hydrogens is 300 g/mol. The lowest BCUT2D eigenvalue weighted by Crippen LogP contribution is -2.22. The minimum Gasteiger partial charge on any atom is -0.492 e. The molecule has 0 atom stereocenters. The van der Waals surface area contributed by atoms with Gasteiger partial charge in [0.1, 0.15) is 12.4 Å². The van der Waals surface area contributed by atoms with E-state index in [2.05, 4.69) is 28.4 Å². The third kappa shape index (κ3) is 3.95. The fraction of sp³-hybridized carbons (Fsp3) is 0.350. The number of carbonyl (C=O) groups is 1. The van der Waals surface area contributed by atoms with Crippen LogP contribution in [0.15, 0.2) is 42.5 Å². The molecule has 4 heteroatoms. The molecule has 2 aromatic rings. The summed E-state index contributed by atoms with van der Waals surface area (Å²) in [4.78, 5) is 14.1. The van der Waals surface area contributed by atoms with E-state index >= 15 is 0 Å². The topological polar surface area (TPSA) is 41.6 Å². The monoisotopic (exact) mass is 324 g/mol. The van der Waals surface area contributed by atoms with Crippen molar-refractivity contribution in [3.8, 4) is 16.9 Å². The van der Waals surface area contributed by atoms with Gasteiger partial charge in [-0.3, -0.25) is 4.79 Å². The highest BCUT2D eigenvalue weighted by Gasteiger charge is 2.15. The van der Waals surface area contributed by atoms with Gasteiger partial charge in [-0.25, -0.2) is 0 Å². The predicted octanol–water partition coefficient (Wildman–Crippen LogP) is 2.97. The quantitative estimate of drug-likeness (QED) is 0.919. The first kappa shape index (κ1) is 16.5. The zero-order chi connectivity index (χ0) is 16.9. The Bertz CT molecular complexity index is 725. The number of aryl methyl sites for hydroxylation is 1. The molecule has 1 aliphatic heterocycles. The van der Waals surface area contributed by atoms with Crippen molar-refractivity contribution in [3.63, 3.8) is 0 Å². The molecule has 0 unspecified atom stereocenters. The molecule has 24 heavy (non-hydrogen) atoms. The summed E-state index contributed by atoms with van der Waals surface area (Å²) in [6.07, 6.45) is 1.91. The summed E-state index contributed by atoms with van der Waals surface area (Å²) in [6.45, 7) is 2.30. The number of benzene rings is 2. The van der Waals surface area contributed by atoms with Crippen LogP contribution in [0.1, 0.15) is 22.3 Å². The zero-order valence-electron chi connectivity index (χ0n) is 14.3. The van der Waals surface area contributed by atoms with Crippen molar-refractivity contribution in [2.24, 2.45) is 0 Å².